The fraction of sp³-hybridized carbons (Fsp3) is 0.364. The zero-order valence-electron chi connectivity index (χ0n) is 14.8. The Morgan fingerprint density at radius 2 is 1.46 bits per heavy atom. The zero-order valence-corrected chi connectivity index (χ0v) is 15.8. The summed E-state index contributed by atoms with van der Waals surface area (Å²) < 4.78 is 6.28. The normalized spacial score (nSPS) is 12.0. The molecule has 24 heavy (non-hydrogen) atoms. The van der Waals surface area contributed by atoms with Crippen molar-refractivity contribution in [3.05, 3.63) is 71.8 Å². The summed E-state index contributed by atoms with van der Waals surface area (Å²) in [5, 5.41) is 0. The van der Waals surface area contributed by atoms with Gasteiger partial charge >= 0.3 is 0 Å². The summed E-state index contributed by atoms with van der Waals surface area (Å²) >= 11 is 0. The molecule has 0 bridgehead atoms. The molecule has 2 rings (SSSR count). The van der Waals surface area contributed by atoms with Gasteiger partial charge in [0, 0.05) is 12.0 Å². The molecule has 0 aliphatic rings. The van der Waals surface area contributed by atoms with E-state index in [1.54, 1.807) is 0 Å². The third-order valence-corrected chi connectivity index (χ3v) is 5.04. The van der Waals surface area contributed by atoms with Crippen LogP contribution in [0.1, 0.15) is 50.3 Å². The summed E-state index contributed by atoms with van der Waals surface area (Å²) in [4.78, 5) is 0. The van der Waals surface area contributed by atoms with E-state index in [0.717, 1.165) is 12.8 Å². The van der Waals surface area contributed by atoms with Crippen LogP contribution in [0.15, 0.2) is 60.7 Å². The molecule has 2 heteroatoms. The van der Waals surface area contributed by atoms with Crippen molar-refractivity contribution < 1.29 is 4.43 Å². The monoisotopic (exact) mass is 334 g/mol. The number of benzene rings is 2. The lowest BCUT2D eigenvalue weighted by molar-refractivity contribution is 0.237. The van der Waals surface area contributed by atoms with Crippen LogP contribution in [0.5, 0.6) is 0 Å². The summed E-state index contributed by atoms with van der Waals surface area (Å²) in [6.07, 6.45) is 1.89. The largest absolute Gasteiger partial charge is 0.403 e. The Bertz CT molecular complexity index is 600. The Kier molecular flexibility index (Phi) is 7.81. The quantitative estimate of drug-likeness (QED) is 0.497. The Balaban J connectivity index is 2.16. The van der Waals surface area contributed by atoms with Crippen LogP contribution in [0.2, 0.25) is 0 Å². The fourth-order valence-electron chi connectivity index (χ4n) is 2.55. The second kappa shape index (κ2) is 10.1. The van der Waals surface area contributed by atoms with E-state index in [-0.39, 0.29) is 11.6 Å². The second-order valence-corrected chi connectivity index (χ2v) is 7.33. The first-order chi connectivity index (χ1) is 11.7. The van der Waals surface area contributed by atoms with E-state index >= 15 is 0 Å². The van der Waals surface area contributed by atoms with Gasteiger partial charge in [-0.3, -0.25) is 0 Å². The zero-order chi connectivity index (χ0) is 17.2. The summed E-state index contributed by atoms with van der Waals surface area (Å²) in [6, 6.07) is 21.2. The van der Waals surface area contributed by atoms with Crippen molar-refractivity contribution in [3.63, 3.8) is 0 Å². The van der Waals surface area contributed by atoms with Gasteiger partial charge in [-0.15, -0.1) is 5.92 Å². The lowest BCUT2D eigenvalue weighted by Gasteiger charge is -2.20. The molecular weight excluding hydrogens is 308 g/mol. The minimum absolute atomic E-state index is 0.0261. The predicted molar refractivity (Wildman–Crippen MR) is 103 cm³/mol. The van der Waals surface area contributed by atoms with Gasteiger partial charge in [-0.05, 0) is 23.5 Å². The highest BCUT2D eigenvalue weighted by Crippen LogP contribution is 2.24. The van der Waals surface area contributed by atoms with Gasteiger partial charge in [-0.25, -0.2) is 0 Å². The minimum Gasteiger partial charge on any atom is -0.403 e. The lowest BCUT2D eigenvalue weighted by atomic mass is 10.0. The maximum Gasteiger partial charge on any atom is 0.244 e. The summed E-state index contributed by atoms with van der Waals surface area (Å²) in [7, 11) is 0.367. The van der Waals surface area contributed by atoms with E-state index in [2.05, 4.69) is 93.3 Å². The van der Waals surface area contributed by atoms with E-state index < -0.39 is 0 Å². The van der Waals surface area contributed by atoms with Crippen LogP contribution < -0.4 is 0 Å². The molecule has 0 aromatic heterocycles. The highest BCUT2D eigenvalue weighted by molar-refractivity contribution is 6.31. The van der Waals surface area contributed by atoms with Gasteiger partial charge in [0.25, 0.3) is 0 Å². The van der Waals surface area contributed by atoms with Gasteiger partial charge < -0.3 is 4.43 Å². The van der Waals surface area contributed by atoms with Crippen molar-refractivity contribution in [2.75, 3.05) is 0 Å². The van der Waals surface area contributed by atoms with Crippen LogP contribution in [0.25, 0.3) is 0 Å². The average Bonchev–Trinajstić information content (AvgIpc) is 2.61. The highest BCUT2D eigenvalue weighted by Gasteiger charge is 2.19. The maximum absolute atomic E-state index is 6.28. The van der Waals surface area contributed by atoms with Crippen LogP contribution in [0.3, 0.4) is 0 Å². The van der Waals surface area contributed by atoms with Crippen LogP contribution >= 0.6 is 0 Å². The van der Waals surface area contributed by atoms with Crippen LogP contribution in [-0.4, -0.2) is 15.9 Å². The van der Waals surface area contributed by atoms with E-state index in [1.807, 2.05) is 0 Å². The minimum atomic E-state index is 0.0261. The molecule has 1 unspecified atom stereocenters. The fourth-order valence-corrected chi connectivity index (χ4v) is 3.66. The van der Waals surface area contributed by atoms with Crippen molar-refractivity contribution in [1.82, 2.24) is 0 Å². The molecule has 0 aliphatic carbocycles. The Hall–Kier alpha value is -1.82. The second-order valence-electron chi connectivity index (χ2n) is 6.28. The molecule has 2 radical (unpaired) electrons. The van der Waals surface area contributed by atoms with E-state index in [1.165, 1.54) is 11.1 Å². The van der Waals surface area contributed by atoms with Crippen molar-refractivity contribution in [2.24, 2.45) is 5.92 Å². The van der Waals surface area contributed by atoms with E-state index in [0.29, 0.717) is 15.7 Å². The molecule has 0 heterocycles. The Morgan fingerprint density at radius 3 is 1.92 bits per heavy atom. The molecule has 124 valence electrons. The molecule has 0 saturated carbocycles. The Morgan fingerprint density at radius 1 is 0.917 bits per heavy atom. The molecule has 1 atom stereocenters. The van der Waals surface area contributed by atoms with Crippen LogP contribution in [0.4, 0.5) is 0 Å². The average molecular weight is 335 g/mol. The molecule has 0 aliphatic heterocycles. The topological polar surface area (TPSA) is 9.23 Å². The van der Waals surface area contributed by atoms with Gasteiger partial charge in [0.2, 0.25) is 9.76 Å². The molecule has 0 spiro atoms. The molecule has 0 amide bonds. The summed E-state index contributed by atoms with van der Waals surface area (Å²) in [5.74, 6) is 7.06. The molecule has 0 saturated heterocycles. The van der Waals surface area contributed by atoms with Crippen LogP contribution in [-0.2, 0) is 4.43 Å². The number of hydrogen-bond acceptors (Lipinski definition) is 1. The third kappa shape index (κ3) is 6.00. The molecule has 1 nitrogen and oxygen atoms in total. The highest BCUT2D eigenvalue weighted by atomic mass is 28.2. The first-order valence-electron chi connectivity index (χ1n) is 8.70. The van der Waals surface area contributed by atoms with Gasteiger partial charge in [0.15, 0.2) is 0 Å². The molecule has 2 aromatic carbocycles. The smallest absolute Gasteiger partial charge is 0.244 e. The number of hydrogen-bond donors (Lipinski definition) is 0. The Labute approximate surface area is 149 Å². The molecular formula is C22H26OSi. The first kappa shape index (κ1) is 18.5. The van der Waals surface area contributed by atoms with Gasteiger partial charge in [-0.1, -0.05) is 87.4 Å². The standard InChI is InChI=1S/C22H26OSi/c1-4-5-16-21(17-18(2)3)23-24-22(19-12-8-6-9-13-19)20-14-10-7-11-15-20/h6-15,18,21-22H,4,17H2,1-3H3. The molecule has 0 fully saturated rings. The van der Waals surface area contributed by atoms with E-state index in [4.69, 9.17) is 4.43 Å². The summed E-state index contributed by atoms with van der Waals surface area (Å²) in [5.41, 5.74) is 2.87. The lowest BCUT2D eigenvalue weighted by Crippen LogP contribution is -2.21. The maximum atomic E-state index is 6.28. The van der Waals surface area contributed by atoms with Crippen molar-refractivity contribution in [2.45, 2.75) is 45.3 Å². The predicted octanol–water partition coefficient (Wildman–Crippen LogP) is 5.24. The summed E-state index contributed by atoms with van der Waals surface area (Å²) in [6.45, 7) is 6.52. The van der Waals surface area contributed by atoms with Gasteiger partial charge in [0.1, 0.15) is 6.10 Å². The molecule has 2 aromatic rings. The van der Waals surface area contributed by atoms with Crippen molar-refractivity contribution in [1.29, 1.82) is 0 Å². The van der Waals surface area contributed by atoms with Crippen LogP contribution in [0, 0.1) is 17.8 Å². The van der Waals surface area contributed by atoms with Crippen molar-refractivity contribution in [3.8, 4) is 11.8 Å². The molecule has 0 N–H and O–H groups in total. The van der Waals surface area contributed by atoms with E-state index in [9.17, 15) is 0 Å². The SMILES string of the molecule is CCC#CC(CC(C)C)O[Si]C(c1ccccc1)c1ccccc1. The van der Waals surface area contributed by atoms with Crippen molar-refractivity contribution >= 4 is 9.76 Å². The first-order valence-corrected chi connectivity index (χ1v) is 9.68. The third-order valence-electron chi connectivity index (χ3n) is 3.72. The number of rotatable bonds is 7. The van der Waals surface area contributed by atoms with Gasteiger partial charge in [-0.2, -0.15) is 0 Å². The van der Waals surface area contributed by atoms with Gasteiger partial charge in [0.05, 0.1) is 0 Å².